The molecule has 0 unspecified atom stereocenters. The van der Waals surface area contributed by atoms with Crippen molar-refractivity contribution in [3.05, 3.63) is 51.7 Å². The number of esters is 1. The lowest BCUT2D eigenvalue weighted by atomic mass is 9.97. The molecular weight excluding hydrogens is 445 g/mol. The Labute approximate surface area is 197 Å². The van der Waals surface area contributed by atoms with Crippen LogP contribution in [-0.2, 0) is 20.7 Å². The molecule has 0 N–H and O–H groups in total. The molecular formula is C24H30FN3O4S. The van der Waals surface area contributed by atoms with Gasteiger partial charge < -0.3 is 14.5 Å². The summed E-state index contributed by atoms with van der Waals surface area (Å²) in [6, 6.07) is 5.99. The number of halogens is 1. The number of benzene rings is 1. The van der Waals surface area contributed by atoms with Crippen LogP contribution in [0.2, 0.25) is 0 Å². The fraction of sp³-hybridized carbons (Fsp3) is 0.500. The molecule has 0 spiro atoms. The molecule has 9 heteroatoms. The molecule has 33 heavy (non-hydrogen) atoms. The van der Waals surface area contributed by atoms with Gasteiger partial charge in [-0.1, -0.05) is 12.1 Å². The summed E-state index contributed by atoms with van der Waals surface area (Å²) in [7, 11) is 1.55. The second-order valence-electron chi connectivity index (χ2n) is 9.28. The Kier molecular flexibility index (Phi) is 7.84. The maximum atomic E-state index is 13.0. The van der Waals surface area contributed by atoms with E-state index < -0.39 is 11.6 Å². The maximum Gasteiger partial charge on any atom is 0.326 e. The molecule has 2 heterocycles. The Balaban J connectivity index is 1.51. The molecule has 2 aromatic rings. The molecule has 0 bridgehead atoms. The minimum atomic E-state index is -0.607. The van der Waals surface area contributed by atoms with Crippen molar-refractivity contribution in [2.24, 2.45) is 0 Å². The van der Waals surface area contributed by atoms with Crippen molar-refractivity contribution in [1.29, 1.82) is 0 Å². The Morgan fingerprint density at radius 3 is 2.42 bits per heavy atom. The van der Waals surface area contributed by atoms with Crippen molar-refractivity contribution in [1.82, 2.24) is 14.8 Å². The second kappa shape index (κ2) is 10.4. The summed E-state index contributed by atoms with van der Waals surface area (Å²) in [6.45, 7) is 6.43. The largest absolute Gasteiger partial charge is 0.459 e. The summed E-state index contributed by atoms with van der Waals surface area (Å²) >= 11 is 1.43. The highest BCUT2D eigenvalue weighted by atomic mass is 32.1. The standard InChI is InChI=1S/C24H30FN3O4S/c1-24(2,3)32-21(30)14-27(4)23(31)19-15-33-22(26-19)17-9-11-28(12-10-17)20(29)13-16-5-7-18(25)8-6-16/h5-8,15,17H,9-14H2,1-4H3. The molecule has 0 saturated carbocycles. The van der Waals surface area contributed by atoms with Gasteiger partial charge in [0.15, 0.2) is 0 Å². The van der Waals surface area contributed by atoms with E-state index in [-0.39, 0.29) is 36.5 Å². The predicted octanol–water partition coefficient (Wildman–Crippen LogP) is 3.64. The maximum absolute atomic E-state index is 13.0. The van der Waals surface area contributed by atoms with E-state index in [1.807, 2.05) is 4.90 Å². The van der Waals surface area contributed by atoms with Gasteiger partial charge >= 0.3 is 5.97 Å². The first kappa shape index (κ1) is 24.8. The van der Waals surface area contributed by atoms with Gasteiger partial charge in [-0.15, -0.1) is 11.3 Å². The van der Waals surface area contributed by atoms with Crippen LogP contribution in [0.4, 0.5) is 4.39 Å². The van der Waals surface area contributed by atoms with Crippen LogP contribution >= 0.6 is 11.3 Å². The number of hydrogen-bond donors (Lipinski definition) is 0. The van der Waals surface area contributed by atoms with E-state index >= 15 is 0 Å². The lowest BCUT2D eigenvalue weighted by Crippen LogP contribution is -2.38. The Morgan fingerprint density at radius 2 is 1.82 bits per heavy atom. The van der Waals surface area contributed by atoms with E-state index in [9.17, 15) is 18.8 Å². The van der Waals surface area contributed by atoms with Crippen LogP contribution in [0, 0.1) is 5.82 Å². The first-order chi connectivity index (χ1) is 15.5. The third-order valence-corrected chi connectivity index (χ3v) is 6.35. The Morgan fingerprint density at radius 1 is 1.18 bits per heavy atom. The Hall–Kier alpha value is -2.81. The van der Waals surface area contributed by atoms with Gasteiger partial charge in [0, 0.05) is 31.4 Å². The zero-order valence-electron chi connectivity index (χ0n) is 19.5. The average molecular weight is 476 g/mol. The average Bonchev–Trinajstić information content (AvgIpc) is 3.23. The Bertz CT molecular complexity index is 992. The summed E-state index contributed by atoms with van der Waals surface area (Å²) < 4.78 is 18.3. The highest BCUT2D eigenvalue weighted by molar-refractivity contribution is 7.09. The van der Waals surface area contributed by atoms with E-state index in [1.165, 1.54) is 28.4 Å². The van der Waals surface area contributed by atoms with E-state index in [0.29, 0.717) is 18.8 Å². The summed E-state index contributed by atoms with van der Waals surface area (Å²) in [6.07, 6.45) is 1.79. The molecule has 2 amide bonds. The molecule has 0 radical (unpaired) electrons. The fourth-order valence-corrected chi connectivity index (χ4v) is 4.64. The molecule has 0 aliphatic carbocycles. The van der Waals surface area contributed by atoms with Crippen molar-refractivity contribution < 1.29 is 23.5 Å². The van der Waals surface area contributed by atoms with Crippen LogP contribution in [0.25, 0.3) is 0 Å². The van der Waals surface area contributed by atoms with Crippen LogP contribution in [0.1, 0.15) is 60.6 Å². The minimum absolute atomic E-state index is 0.0267. The number of amides is 2. The lowest BCUT2D eigenvalue weighted by molar-refractivity contribution is -0.155. The van der Waals surface area contributed by atoms with Gasteiger partial charge in [0.2, 0.25) is 5.91 Å². The number of rotatable bonds is 6. The highest BCUT2D eigenvalue weighted by Gasteiger charge is 2.27. The molecule has 1 aromatic carbocycles. The molecule has 7 nitrogen and oxygen atoms in total. The van der Waals surface area contributed by atoms with Gasteiger partial charge in [0.05, 0.1) is 11.4 Å². The summed E-state index contributed by atoms with van der Waals surface area (Å²) in [4.78, 5) is 44.9. The number of likely N-dealkylation sites (tertiary alicyclic amines) is 1. The highest BCUT2D eigenvalue weighted by Crippen LogP contribution is 2.31. The van der Waals surface area contributed by atoms with Crippen molar-refractivity contribution >= 4 is 29.1 Å². The number of aromatic nitrogens is 1. The number of carbonyl (C=O) groups is 3. The van der Waals surface area contributed by atoms with Crippen molar-refractivity contribution in [3.63, 3.8) is 0 Å². The predicted molar refractivity (Wildman–Crippen MR) is 124 cm³/mol. The second-order valence-corrected chi connectivity index (χ2v) is 10.2. The summed E-state index contributed by atoms with van der Waals surface area (Å²) in [5, 5.41) is 2.59. The lowest BCUT2D eigenvalue weighted by Gasteiger charge is -2.31. The van der Waals surface area contributed by atoms with E-state index in [1.54, 1.807) is 45.3 Å². The quantitative estimate of drug-likeness (QED) is 0.596. The third-order valence-electron chi connectivity index (χ3n) is 5.34. The molecule has 0 atom stereocenters. The molecule has 178 valence electrons. The van der Waals surface area contributed by atoms with Crippen LogP contribution in [0.15, 0.2) is 29.6 Å². The number of thiazole rings is 1. The number of carbonyl (C=O) groups excluding carboxylic acids is 3. The topological polar surface area (TPSA) is 79.8 Å². The summed E-state index contributed by atoms with van der Waals surface area (Å²) in [5.41, 5.74) is 0.502. The van der Waals surface area contributed by atoms with Crippen molar-refractivity contribution in [2.75, 3.05) is 26.7 Å². The SMILES string of the molecule is CN(CC(=O)OC(C)(C)C)C(=O)c1csc(C2CCN(C(=O)Cc3ccc(F)cc3)CC2)n1. The third kappa shape index (κ3) is 7.08. The zero-order valence-corrected chi connectivity index (χ0v) is 20.3. The number of hydrogen-bond acceptors (Lipinski definition) is 6. The van der Waals surface area contributed by atoms with Crippen LogP contribution in [0.3, 0.4) is 0 Å². The number of likely N-dealkylation sites (N-methyl/N-ethyl adjacent to an activating group) is 1. The van der Waals surface area contributed by atoms with Gasteiger partial charge in [-0.2, -0.15) is 0 Å². The van der Waals surface area contributed by atoms with Crippen molar-refractivity contribution in [2.45, 2.75) is 51.6 Å². The number of nitrogens with zero attached hydrogens (tertiary/aromatic N) is 3. The van der Waals surface area contributed by atoms with Gasteiger partial charge in [-0.05, 0) is 51.3 Å². The van der Waals surface area contributed by atoms with Crippen LogP contribution in [-0.4, -0.2) is 64.9 Å². The molecule has 1 aliphatic rings. The monoisotopic (exact) mass is 475 g/mol. The normalized spacial score (nSPS) is 14.8. The molecule has 1 aromatic heterocycles. The summed E-state index contributed by atoms with van der Waals surface area (Å²) in [5.74, 6) is -0.896. The first-order valence-electron chi connectivity index (χ1n) is 11.0. The molecule has 3 rings (SSSR count). The van der Waals surface area contributed by atoms with Crippen molar-refractivity contribution in [3.8, 4) is 0 Å². The molecule has 1 fully saturated rings. The van der Waals surface area contributed by atoms with E-state index in [2.05, 4.69) is 4.98 Å². The van der Waals surface area contributed by atoms with Gasteiger partial charge in [-0.3, -0.25) is 14.4 Å². The number of piperidine rings is 1. The van der Waals surface area contributed by atoms with Crippen LogP contribution in [0.5, 0.6) is 0 Å². The van der Waals surface area contributed by atoms with Gasteiger partial charge in [0.1, 0.15) is 23.7 Å². The first-order valence-corrected chi connectivity index (χ1v) is 11.8. The fourth-order valence-electron chi connectivity index (χ4n) is 3.67. The van der Waals surface area contributed by atoms with E-state index in [0.717, 1.165) is 23.4 Å². The van der Waals surface area contributed by atoms with Gasteiger partial charge in [-0.25, -0.2) is 9.37 Å². The van der Waals surface area contributed by atoms with Gasteiger partial charge in [0.25, 0.3) is 5.91 Å². The zero-order chi connectivity index (χ0) is 24.2. The molecule has 1 saturated heterocycles. The van der Waals surface area contributed by atoms with Crippen LogP contribution < -0.4 is 0 Å². The minimum Gasteiger partial charge on any atom is -0.459 e. The number of ether oxygens (including phenoxy) is 1. The smallest absolute Gasteiger partial charge is 0.326 e. The van der Waals surface area contributed by atoms with E-state index in [4.69, 9.17) is 4.74 Å². The molecule has 1 aliphatic heterocycles.